The predicted molar refractivity (Wildman–Crippen MR) is 79.9 cm³/mol. The molecule has 0 amide bonds. The monoisotopic (exact) mass is 263 g/mol. The first-order valence-corrected chi connectivity index (χ1v) is 6.94. The van der Waals surface area contributed by atoms with Gasteiger partial charge in [0.1, 0.15) is 6.61 Å². The summed E-state index contributed by atoms with van der Waals surface area (Å²) in [4.78, 5) is 0. The minimum absolute atomic E-state index is 0.487. The Balaban J connectivity index is 2.86. The first-order valence-electron chi connectivity index (χ1n) is 6.94. The Labute approximate surface area is 116 Å². The zero-order chi connectivity index (χ0) is 14.1. The van der Waals surface area contributed by atoms with Gasteiger partial charge in [-0.15, -0.1) is 0 Å². The van der Waals surface area contributed by atoms with Gasteiger partial charge in [0, 0.05) is 18.2 Å². The van der Waals surface area contributed by atoms with E-state index in [9.17, 15) is 0 Å². The van der Waals surface area contributed by atoms with Crippen LogP contribution in [0.1, 0.15) is 32.8 Å². The summed E-state index contributed by atoms with van der Waals surface area (Å²) < 4.78 is 11.4. The van der Waals surface area contributed by atoms with Crippen LogP contribution in [-0.4, -0.2) is 19.3 Å². The van der Waals surface area contributed by atoms with Gasteiger partial charge in [0.05, 0.1) is 6.61 Å². The molecule has 0 fully saturated rings. The molecule has 0 radical (unpaired) electrons. The van der Waals surface area contributed by atoms with Gasteiger partial charge in [-0.3, -0.25) is 0 Å². The molecule has 0 aliphatic heterocycles. The highest BCUT2D eigenvalue weighted by Gasteiger charge is 2.11. The Morgan fingerprint density at radius 2 is 2.11 bits per heavy atom. The van der Waals surface area contributed by atoms with Crippen molar-refractivity contribution in [2.24, 2.45) is 0 Å². The molecule has 106 valence electrons. The van der Waals surface area contributed by atoms with Crippen LogP contribution in [-0.2, 0) is 6.54 Å². The van der Waals surface area contributed by atoms with E-state index < -0.39 is 0 Å². The van der Waals surface area contributed by atoms with Crippen molar-refractivity contribution < 1.29 is 9.47 Å². The average molecular weight is 263 g/mol. The standard InChI is InChI=1S/C16H25NO2/c1-5-11-19-16-14(12-17-13(4)6-2)9-8-10-15(16)18-7-3/h5,8-10,13,17H,1,6-7,11-12H2,2-4H3/t13-/m1/s1. The third-order valence-corrected chi connectivity index (χ3v) is 2.96. The fraction of sp³-hybridized carbons (Fsp3) is 0.500. The van der Waals surface area contributed by atoms with Gasteiger partial charge in [-0.25, -0.2) is 0 Å². The van der Waals surface area contributed by atoms with Gasteiger partial charge in [-0.1, -0.05) is 31.7 Å². The van der Waals surface area contributed by atoms with Gasteiger partial charge in [0.2, 0.25) is 0 Å². The van der Waals surface area contributed by atoms with Crippen LogP contribution in [0.3, 0.4) is 0 Å². The van der Waals surface area contributed by atoms with Gasteiger partial charge in [-0.2, -0.15) is 0 Å². The van der Waals surface area contributed by atoms with Crippen LogP contribution in [0.15, 0.2) is 30.9 Å². The largest absolute Gasteiger partial charge is 0.490 e. The summed E-state index contributed by atoms with van der Waals surface area (Å²) in [5, 5.41) is 3.47. The minimum atomic E-state index is 0.487. The molecule has 1 atom stereocenters. The molecule has 0 saturated heterocycles. The van der Waals surface area contributed by atoms with E-state index in [1.807, 2.05) is 19.1 Å². The quantitative estimate of drug-likeness (QED) is 0.691. The van der Waals surface area contributed by atoms with Crippen LogP contribution in [0.4, 0.5) is 0 Å². The second-order valence-electron chi connectivity index (χ2n) is 4.47. The van der Waals surface area contributed by atoms with E-state index in [0.29, 0.717) is 19.3 Å². The molecular weight excluding hydrogens is 238 g/mol. The molecule has 0 saturated carbocycles. The van der Waals surface area contributed by atoms with Crippen LogP contribution in [0.25, 0.3) is 0 Å². The van der Waals surface area contributed by atoms with E-state index in [4.69, 9.17) is 9.47 Å². The van der Waals surface area contributed by atoms with E-state index in [1.54, 1.807) is 6.08 Å². The molecule has 1 aromatic rings. The lowest BCUT2D eigenvalue weighted by atomic mass is 10.1. The van der Waals surface area contributed by atoms with Crippen LogP contribution in [0.5, 0.6) is 11.5 Å². The molecule has 1 rings (SSSR count). The average Bonchev–Trinajstić information content (AvgIpc) is 2.43. The molecule has 3 heteroatoms. The Morgan fingerprint density at radius 1 is 1.32 bits per heavy atom. The zero-order valence-corrected chi connectivity index (χ0v) is 12.2. The zero-order valence-electron chi connectivity index (χ0n) is 12.2. The molecular formula is C16H25NO2. The van der Waals surface area contributed by atoms with Crippen molar-refractivity contribution in [3.63, 3.8) is 0 Å². The van der Waals surface area contributed by atoms with Gasteiger partial charge in [0.15, 0.2) is 11.5 Å². The summed E-state index contributed by atoms with van der Waals surface area (Å²) in [7, 11) is 0. The van der Waals surface area contributed by atoms with E-state index in [2.05, 4.69) is 31.8 Å². The van der Waals surface area contributed by atoms with E-state index in [1.165, 1.54) is 0 Å². The van der Waals surface area contributed by atoms with Crippen LogP contribution >= 0.6 is 0 Å². The molecule has 19 heavy (non-hydrogen) atoms. The highest BCUT2D eigenvalue weighted by molar-refractivity contribution is 5.46. The predicted octanol–water partition coefficient (Wildman–Crippen LogP) is 3.54. The summed E-state index contributed by atoms with van der Waals surface area (Å²) in [5.74, 6) is 1.62. The number of benzene rings is 1. The first kappa shape index (κ1) is 15.6. The van der Waals surface area contributed by atoms with Gasteiger partial charge < -0.3 is 14.8 Å². The summed E-state index contributed by atoms with van der Waals surface area (Å²) >= 11 is 0. The Morgan fingerprint density at radius 3 is 2.74 bits per heavy atom. The van der Waals surface area contributed by atoms with Crippen LogP contribution in [0.2, 0.25) is 0 Å². The summed E-state index contributed by atoms with van der Waals surface area (Å²) in [6, 6.07) is 6.49. The van der Waals surface area contributed by atoms with Crippen LogP contribution < -0.4 is 14.8 Å². The SMILES string of the molecule is C=CCOc1c(CN[C@H](C)CC)cccc1OCC. The molecule has 1 N–H and O–H groups in total. The fourth-order valence-electron chi connectivity index (χ4n) is 1.70. The molecule has 3 nitrogen and oxygen atoms in total. The minimum Gasteiger partial charge on any atom is -0.490 e. The topological polar surface area (TPSA) is 30.5 Å². The Kier molecular flexibility index (Phi) is 7.04. The smallest absolute Gasteiger partial charge is 0.166 e. The highest BCUT2D eigenvalue weighted by atomic mass is 16.5. The van der Waals surface area contributed by atoms with Gasteiger partial charge in [0.25, 0.3) is 0 Å². The maximum absolute atomic E-state index is 5.75. The molecule has 0 bridgehead atoms. The number of hydrogen-bond acceptors (Lipinski definition) is 3. The van der Waals surface area contributed by atoms with Crippen molar-refractivity contribution in [3.05, 3.63) is 36.4 Å². The first-order chi connectivity index (χ1) is 9.22. The number of para-hydroxylation sites is 1. The molecule has 1 aromatic carbocycles. The molecule has 0 aromatic heterocycles. The number of rotatable bonds is 9. The lowest BCUT2D eigenvalue weighted by Crippen LogP contribution is -2.24. The Bertz CT molecular complexity index is 390. The second kappa shape index (κ2) is 8.59. The molecule has 0 aliphatic rings. The number of hydrogen-bond donors (Lipinski definition) is 1. The van der Waals surface area contributed by atoms with E-state index >= 15 is 0 Å². The van der Waals surface area contributed by atoms with Crippen molar-refractivity contribution >= 4 is 0 Å². The summed E-state index contributed by atoms with van der Waals surface area (Å²) in [5.41, 5.74) is 1.12. The summed E-state index contributed by atoms with van der Waals surface area (Å²) in [6.07, 6.45) is 2.85. The van der Waals surface area contributed by atoms with Crippen molar-refractivity contribution in [3.8, 4) is 11.5 Å². The van der Waals surface area contributed by atoms with E-state index in [0.717, 1.165) is 30.0 Å². The fourth-order valence-corrected chi connectivity index (χ4v) is 1.70. The van der Waals surface area contributed by atoms with Crippen molar-refractivity contribution in [2.75, 3.05) is 13.2 Å². The molecule has 0 aliphatic carbocycles. The van der Waals surface area contributed by atoms with Gasteiger partial charge >= 0.3 is 0 Å². The lowest BCUT2D eigenvalue weighted by molar-refractivity contribution is 0.293. The van der Waals surface area contributed by atoms with E-state index in [-0.39, 0.29) is 0 Å². The maximum atomic E-state index is 5.75. The number of ether oxygens (including phenoxy) is 2. The number of nitrogens with one attached hydrogen (secondary N) is 1. The lowest BCUT2D eigenvalue weighted by Gasteiger charge is -2.17. The maximum Gasteiger partial charge on any atom is 0.166 e. The second-order valence-corrected chi connectivity index (χ2v) is 4.47. The molecule has 0 unspecified atom stereocenters. The third-order valence-electron chi connectivity index (χ3n) is 2.96. The van der Waals surface area contributed by atoms with Crippen molar-refractivity contribution in [1.29, 1.82) is 0 Å². The normalized spacial score (nSPS) is 11.9. The highest BCUT2D eigenvalue weighted by Crippen LogP contribution is 2.31. The molecule has 0 spiro atoms. The van der Waals surface area contributed by atoms with Crippen LogP contribution in [0, 0.1) is 0 Å². The molecule has 0 heterocycles. The third kappa shape index (κ3) is 4.95. The van der Waals surface area contributed by atoms with Crippen molar-refractivity contribution in [2.45, 2.75) is 39.8 Å². The van der Waals surface area contributed by atoms with Crippen molar-refractivity contribution in [1.82, 2.24) is 5.32 Å². The Hall–Kier alpha value is -1.48. The van der Waals surface area contributed by atoms with Gasteiger partial charge in [-0.05, 0) is 26.3 Å². The summed E-state index contributed by atoms with van der Waals surface area (Å²) in [6.45, 7) is 11.9.